The topological polar surface area (TPSA) is 90.4 Å². The molecule has 8 heteroatoms. The third-order valence-electron chi connectivity index (χ3n) is 7.89. The number of hydrogen-bond donors (Lipinski definition) is 1. The van der Waals surface area contributed by atoms with Crippen molar-refractivity contribution < 1.29 is 24.2 Å². The van der Waals surface area contributed by atoms with Crippen LogP contribution in [0.2, 0.25) is 0 Å². The number of carboxylic acids is 1. The van der Waals surface area contributed by atoms with E-state index in [2.05, 4.69) is 17.9 Å². The molecule has 0 saturated carbocycles. The molecule has 0 aromatic heterocycles. The Kier molecular flexibility index (Phi) is 8.31. The van der Waals surface area contributed by atoms with Gasteiger partial charge in [0, 0.05) is 58.0 Å². The maximum atomic E-state index is 13.0. The summed E-state index contributed by atoms with van der Waals surface area (Å²) < 4.78 is 5.65. The molecule has 0 unspecified atom stereocenters. The van der Waals surface area contributed by atoms with Gasteiger partial charge in [-0.25, -0.2) is 0 Å². The number of ether oxygens (including phenoxy) is 1. The van der Waals surface area contributed by atoms with Gasteiger partial charge in [-0.1, -0.05) is 25.5 Å². The molecule has 2 fully saturated rings. The van der Waals surface area contributed by atoms with Crippen LogP contribution in [0.3, 0.4) is 0 Å². The highest BCUT2D eigenvalue weighted by Gasteiger charge is 2.47. The van der Waals surface area contributed by atoms with Crippen LogP contribution in [0.1, 0.15) is 62.5 Å². The Bertz CT molecular complexity index is 935. The molecule has 3 atom stereocenters. The predicted octanol–water partition coefficient (Wildman–Crippen LogP) is 2.75. The van der Waals surface area contributed by atoms with Crippen molar-refractivity contribution in [1.82, 2.24) is 14.7 Å². The Hall–Kier alpha value is -2.61. The smallest absolute Gasteiger partial charge is 0.308 e. The van der Waals surface area contributed by atoms with Gasteiger partial charge >= 0.3 is 5.97 Å². The van der Waals surface area contributed by atoms with Crippen LogP contribution < -0.4 is 4.74 Å². The molecule has 0 radical (unpaired) electrons. The maximum Gasteiger partial charge on any atom is 0.308 e. The van der Waals surface area contributed by atoms with Gasteiger partial charge in [0.1, 0.15) is 5.75 Å². The first kappa shape index (κ1) is 25.5. The van der Waals surface area contributed by atoms with Gasteiger partial charge in [-0.15, -0.1) is 0 Å². The van der Waals surface area contributed by atoms with Crippen LogP contribution in [-0.4, -0.2) is 90.0 Å². The van der Waals surface area contributed by atoms with E-state index in [1.54, 1.807) is 4.90 Å². The van der Waals surface area contributed by atoms with Crippen LogP contribution in [0.5, 0.6) is 5.75 Å². The number of likely N-dealkylation sites (N-methyl/N-ethyl adjacent to an activating group) is 1. The molecule has 3 heterocycles. The summed E-state index contributed by atoms with van der Waals surface area (Å²) >= 11 is 0. The van der Waals surface area contributed by atoms with E-state index in [1.165, 1.54) is 0 Å². The molecule has 0 spiro atoms. The molecule has 3 aliphatic rings. The number of likely N-dealkylation sites (tertiary alicyclic amines) is 2. The zero-order valence-electron chi connectivity index (χ0n) is 21.1. The molecule has 192 valence electrons. The average molecular weight is 486 g/mol. The average Bonchev–Trinajstić information content (AvgIpc) is 3.56. The fourth-order valence-electron chi connectivity index (χ4n) is 5.87. The molecule has 2 saturated heterocycles. The lowest BCUT2D eigenvalue weighted by Crippen LogP contribution is -2.43. The minimum absolute atomic E-state index is 0.0327. The number of rotatable bonds is 11. The van der Waals surface area contributed by atoms with Crippen LogP contribution in [0.25, 0.3) is 0 Å². The van der Waals surface area contributed by atoms with Crippen LogP contribution in [0.4, 0.5) is 0 Å². The summed E-state index contributed by atoms with van der Waals surface area (Å²) in [5.74, 6) is -0.498. The molecule has 4 rings (SSSR count). The van der Waals surface area contributed by atoms with Crippen molar-refractivity contribution in [3.8, 4) is 5.75 Å². The summed E-state index contributed by atoms with van der Waals surface area (Å²) in [6, 6.07) is 5.80. The second-order valence-corrected chi connectivity index (χ2v) is 10.2. The van der Waals surface area contributed by atoms with E-state index in [0.29, 0.717) is 39.1 Å². The second-order valence-electron chi connectivity index (χ2n) is 10.2. The van der Waals surface area contributed by atoms with Crippen molar-refractivity contribution in [2.75, 3.05) is 46.4 Å². The molecule has 0 aliphatic carbocycles. The fourth-order valence-corrected chi connectivity index (χ4v) is 5.87. The van der Waals surface area contributed by atoms with Crippen molar-refractivity contribution in [2.45, 2.75) is 63.8 Å². The van der Waals surface area contributed by atoms with Crippen molar-refractivity contribution in [3.05, 3.63) is 29.3 Å². The summed E-state index contributed by atoms with van der Waals surface area (Å²) in [4.78, 5) is 43.4. The summed E-state index contributed by atoms with van der Waals surface area (Å²) in [5, 5.41) is 10.3. The molecular weight excluding hydrogens is 446 g/mol. The molecule has 35 heavy (non-hydrogen) atoms. The van der Waals surface area contributed by atoms with E-state index in [-0.39, 0.29) is 30.3 Å². The summed E-state index contributed by atoms with van der Waals surface area (Å²) in [6.07, 6.45) is 5.70. The van der Waals surface area contributed by atoms with Gasteiger partial charge in [0.15, 0.2) is 0 Å². The van der Waals surface area contributed by atoms with Crippen LogP contribution in [0.15, 0.2) is 18.2 Å². The van der Waals surface area contributed by atoms with Gasteiger partial charge in [0.05, 0.1) is 19.1 Å². The zero-order chi connectivity index (χ0) is 24.9. The fraction of sp³-hybridized carbons (Fsp3) is 0.667. The Balaban J connectivity index is 1.53. The molecular formula is C27H39N3O5. The van der Waals surface area contributed by atoms with E-state index in [4.69, 9.17) is 4.74 Å². The van der Waals surface area contributed by atoms with Crippen LogP contribution >= 0.6 is 0 Å². The lowest BCUT2D eigenvalue weighted by molar-refractivity contribution is -0.144. The largest absolute Gasteiger partial charge is 0.493 e. The lowest BCUT2D eigenvalue weighted by atomic mass is 9.83. The van der Waals surface area contributed by atoms with E-state index in [9.17, 15) is 19.5 Å². The summed E-state index contributed by atoms with van der Waals surface area (Å²) in [6.45, 7) is 5.68. The monoisotopic (exact) mass is 485 g/mol. The molecule has 8 nitrogen and oxygen atoms in total. The van der Waals surface area contributed by atoms with E-state index >= 15 is 0 Å². The van der Waals surface area contributed by atoms with E-state index < -0.39 is 11.9 Å². The van der Waals surface area contributed by atoms with Crippen molar-refractivity contribution >= 4 is 17.8 Å². The Morgan fingerprint density at radius 1 is 1.23 bits per heavy atom. The highest BCUT2D eigenvalue weighted by molar-refractivity contribution is 5.79. The molecule has 1 aromatic rings. The standard InChI is InChI=1S/C27H39N3O5/c1-3-4-12-28(2)25(32)18-30-17-21(19-9-10-23-20(16-19)11-15-35-23)26(27(33)34)22(30)7-5-13-29-14-6-8-24(29)31/h9-10,16,21-22,26H,3-8,11-15,17-18H2,1-2H3,(H,33,34)/t21-,22+,26-/m1/s1. The number of unbranched alkanes of at least 4 members (excludes halogenated alkanes) is 1. The highest BCUT2D eigenvalue weighted by atomic mass is 16.5. The van der Waals surface area contributed by atoms with Crippen molar-refractivity contribution in [1.29, 1.82) is 0 Å². The van der Waals surface area contributed by atoms with Gasteiger partial charge in [-0.2, -0.15) is 0 Å². The van der Waals surface area contributed by atoms with Crippen LogP contribution in [-0.2, 0) is 20.8 Å². The molecule has 3 aliphatic heterocycles. The quantitative estimate of drug-likeness (QED) is 0.518. The van der Waals surface area contributed by atoms with E-state index in [0.717, 1.165) is 55.5 Å². The first-order valence-electron chi connectivity index (χ1n) is 13.1. The van der Waals surface area contributed by atoms with Gasteiger partial charge in [-0.05, 0) is 42.9 Å². The van der Waals surface area contributed by atoms with Crippen molar-refractivity contribution in [3.63, 3.8) is 0 Å². The molecule has 2 amide bonds. The van der Waals surface area contributed by atoms with Gasteiger partial charge in [-0.3, -0.25) is 19.3 Å². The number of aliphatic carboxylic acids is 1. The number of nitrogens with zero attached hydrogens (tertiary/aromatic N) is 3. The van der Waals surface area contributed by atoms with E-state index in [1.807, 2.05) is 24.1 Å². The van der Waals surface area contributed by atoms with Gasteiger partial charge in [0.2, 0.25) is 11.8 Å². The molecule has 1 N–H and O–H groups in total. The lowest BCUT2D eigenvalue weighted by Gasteiger charge is -2.29. The van der Waals surface area contributed by atoms with Crippen LogP contribution in [0, 0.1) is 5.92 Å². The normalized spacial score (nSPS) is 24.0. The third-order valence-corrected chi connectivity index (χ3v) is 7.89. The number of hydrogen-bond acceptors (Lipinski definition) is 5. The minimum atomic E-state index is -0.816. The zero-order valence-corrected chi connectivity index (χ0v) is 21.1. The van der Waals surface area contributed by atoms with Crippen molar-refractivity contribution in [2.24, 2.45) is 5.92 Å². The number of benzene rings is 1. The van der Waals surface area contributed by atoms with Gasteiger partial charge < -0.3 is 19.6 Å². The Labute approximate surface area is 208 Å². The first-order chi connectivity index (χ1) is 16.9. The number of fused-ring (bicyclic) bond motifs is 1. The first-order valence-corrected chi connectivity index (χ1v) is 13.1. The number of carboxylic acid groups (broad SMARTS) is 1. The number of carbonyl (C=O) groups is 3. The Morgan fingerprint density at radius 3 is 2.77 bits per heavy atom. The third kappa shape index (κ3) is 5.80. The number of carbonyl (C=O) groups excluding carboxylic acids is 2. The minimum Gasteiger partial charge on any atom is -0.493 e. The predicted molar refractivity (Wildman–Crippen MR) is 132 cm³/mol. The summed E-state index contributed by atoms with van der Waals surface area (Å²) in [5.41, 5.74) is 2.14. The molecule has 0 bridgehead atoms. The maximum absolute atomic E-state index is 13.0. The second kappa shape index (κ2) is 11.4. The highest BCUT2D eigenvalue weighted by Crippen LogP contribution is 2.41. The Morgan fingerprint density at radius 2 is 2.06 bits per heavy atom. The summed E-state index contributed by atoms with van der Waals surface area (Å²) in [7, 11) is 1.83. The number of amides is 2. The molecule has 1 aromatic carbocycles. The SMILES string of the molecule is CCCCN(C)C(=O)CN1C[C@H](c2ccc3c(c2)CCO3)[C@@H](C(=O)O)[C@@H]1CCCN1CCCC1=O. The van der Waals surface area contributed by atoms with Gasteiger partial charge in [0.25, 0.3) is 0 Å².